The Balaban J connectivity index is 2.09. The third kappa shape index (κ3) is 3.22. The highest BCUT2D eigenvalue weighted by atomic mass is 127. The number of hydrogen-bond acceptors (Lipinski definition) is 2. The second-order valence-electron chi connectivity index (χ2n) is 3.65. The van der Waals surface area contributed by atoms with Gasteiger partial charge in [0, 0.05) is 26.5 Å². The van der Waals surface area contributed by atoms with Crippen LogP contribution in [0.1, 0.15) is 12.6 Å². The molecule has 2 rings (SSSR count). The molecule has 0 aliphatic rings. The summed E-state index contributed by atoms with van der Waals surface area (Å²) in [5, 5.41) is 3.42. The topological polar surface area (TPSA) is 29.9 Å². The first-order valence-corrected chi connectivity index (χ1v) is 7.26. The van der Waals surface area contributed by atoms with Crippen molar-refractivity contribution in [2.75, 3.05) is 5.32 Å². The molecule has 3 nitrogen and oxygen atoms in total. The number of imidazole rings is 1. The number of halogens is 2. The van der Waals surface area contributed by atoms with Gasteiger partial charge in [-0.25, -0.2) is 4.98 Å². The van der Waals surface area contributed by atoms with Crippen molar-refractivity contribution < 1.29 is 0 Å². The minimum absolute atomic E-state index is 0.784. The molecule has 1 aromatic carbocycles. The van der Waals surface area contributed by atoms with Crippen LogP contribution in [0.2, 0.25) is 0 Å². The van der Waals surface area contributed by atoms with Crippen LogP contribution in [0.25, 0.3) is 0 Å². The molecule has 0 unspecified atom stereocenters. The van der Waals surface area contributed by atoms with Gasteiger partial charge in [0.05, 0.1) is 18.6 Å². The second-order valence-corrected chi connectivity index (χ2v) is 5.75. The van der Waals surface area contributed by atoms with Crippen LogP contribution in [0, 0.1) is 3.57 Å². The lowest BCUT2D eigenvalue weighted by Gasteiger charge is -2.10. The Morgan fingerprint density at radius 2 is 2.29 bits per heavy atom. The predicted molar refractivity (Wildman–Crippen MR) is 82.1 cm³/mol. The lowest BCUT2D eigenvalue weighted by Crippen LogP contribution is -2.06. The maximum atomic E-state index is 4.15. The fraction of sp³-hybridized carbons (Fsp3) is 0.250. The van der Waals surface area contributed by atoms with E-state index >= 15 is 0 Å². The molecule has 90 valence electrons. The number of anilines is 1. The monoisotopic (exact) mass is 405 g/mol. The molecule has 0 bridgehead atoms. The van der Waals surface area contributed by atoms with Crippen LogP contribution >= 0.6 is 38.5 Å². The van der Waals surface area contributed by atoms with Crippen LogP contribution in [0.4, 0.5) is 5.69 Å². The third-order valence-electron chi connectivity index (χ3n) is 2.53. The van der Waals surface area contributed by atoms with Crippen molar-refractivity contribution in [3.8, 4) is 0 Å². The summed E-state index contributed by atoms with van der Waals surface area (Å²) in [4.78, 5) is 4.15. The van der Waals surface area contributed by atoms with E-state index in [0.717, 1.165) is 23.2 Å². The Morgan fingerprint density at radius 3 is 3.06 bits per heavy atom. The first-order valence-electron chi connectivity index (χ1n) is 5.38. The number of benzene rings is 1. The fourth-order valence-electron chi connectivity index (χ4n) is 1.60. The maximum absolute atomic E-state index is 4.15. The number of aromatic nitrogens is 2. The third-order valence-corrected chi connectivity index (χ3v) is 3.89. The van der Waals surface area contributed by atoms with E-state index in [1.807, 2.05) is 12.5 Å². The quantitative estimate of drug-likeness (QED) is 0.782. The molecule has 5 heteroatoms. The van der Waals surface area contributed by atoms with Gasteiger partial charge in [0.25, 0.3) is 0 Å². The van der Waals surface area contributed by atoms with Gasteiger partial charge in [-0.1, -0.05) is 0 Å². The van der Waals surface area contributed by atoms with Crippen LogP contribution in [0.5, 0.6) is 0 Å². The second kappa shape index (κ2) is 5.86. The minimum Gasteiger partial charge on any atom is -0.378 e. The molecule has 1 heterocycles. The molecular weight excluding hydrogens is 393 g/mol. The van der Waals surface area contributed by atoms with Crippen molar-refractivity contribution in [1.29, 1.82) is 0 Å². The smallest absolute Gasteiger partial charge is 0.0948 e. The Hall–Kier alpha value is -0.560. The largest absolute Gasteiger partial charge is 0.378 e. The number of rotatable bonds is 4. The van der Waals surface area contributed by atoms with Crippen molar-refractivity contribution in [2.45, 2.75) is 20.0 Å². The lowest BCUT2D eigenvalue weighted by atomic mass is 10.3. The van der Waals surface area contributed by atoms with Crippen LogP contribution in [0.15, 0.2) is 35.2 Å². The number of nitrogens with one attached hydrogen (secondary N) is 1. The molecule has 1 N–H and O–H groups in total. The van der Waals surface area contributed by atoms with Crippen LogP contribution in [0.3, 0.4) is 0 Å². The highest BCUT2D eigenvalue weighted by molar-refractivity contribution is 14.1. The van der Waals surface area contributed by atoms with Gasteiger partial charge in [-0.05, 0) is 63.6 Å². The summed E-state index contributed by atoms with van der Waals surface area (Å²) in [6.07, 6.45) is 3.76. The molecule has 0 aliphatic carbocycles. The highest BCUT2D eigenvalue weighted by Gasteiger charge is 2.03. The molecule has 2 aromatic rings. The number of hydrogen-bond donors (Lipinski definition) is 1. The van der Waals surface area contributed by atoms with Crippen molar-refractivity contribution in [1.82, 2.24) is 9.55 Å². The van der Waals surface area contributed by atoms with Crippen LogP contribution < -0.4 is 5.32 Å². The summed E-state index contributed by atoms with van der Waals surface area (Å²) in [5.74, 6) is 0. The molecule has 0 aliphatic heterocycles. The average molecular weight is 406 g/mol. The molecule has 1 aromatic heterocycles. The average Bonchev–Trinajstić information content (AvgIpc) is 2.77. The van der Waals surface area contributed by atoms with E-state index < -0.39 is 0 Å². The first kappa shape index (κ1) is 12.9. The number of nitrogens with zero attached hydrogens (tertiary/aromatic N) is 2. The molecule has 0 fully saturated rings. The van der Waals surface area contributed by atoms with Gasteiger partial charge in [-0.2, -0.15) is 0 Å². The molecule has 0 amide bonds. The minimum atomic E-state index is 0.784. The summed E-state index contributed by atoms with van der Waals surface area (Å²) in [6, 6.07) is 6.25. The summed E-state index contributed by atoms with van der Waals surface area (Å²) < 4.78 is 4.44. The van der Waals surface area contributed by atoms with Gasteiger partial charge < -0.3 is 9.88 Å². The van der Waals surface area contributed by atoms with Crippen molar-refractivity contribution >= 4 is 44.2 Å². The maximum Gasteiger partial charge on any atom is 0.0948 e. The zero-order chi connectivity index (χ0) is 12.3. The van der Waals surface area contributed by atoms with E-state index in [-0.39, 0.29) is 0 Å². The molecule has 0 spiro atoms. The Kier molecular flexibility index (Phi) is 4.44. The lowest BCUT2D eigenvalue weighted by molar-refractivity contribution is 0.719. The van der Waals surface area contributed by atoms with Crippen LogP contribution in [-0.4, -0.2) is 9.55 Å². The van der Waals surface area contributed by atoms with E-state index in [0.29, 0.717) is 0 Å². The molecule has 0 radical (unpaired) electrons. The SMILES string of the molecule is CCn1cncc1CNc1cc(I)ccc1Br. The first-order chi connectivity index (χ1) is 8.20. The summed E-state index contributed by atoms with van der Waals surface area (Å²) in [7, 11) is 0. The summed E-state index contributed by atoms with van der Waals surface area (Å²) in [6.45, 7) is 3.85. The van der Waals surface area contributed by atoms with Gasteiger partial charge in [0.2, 0.25) is 0 Å². The highest BCUT2D eigenvalue weighted by Crippen LogP contribution is 2.24. The predicted octanol–water partition coefficient (Wildman–Crippen LogP) is 3.88. The number of aryl methyl sites for hydroxylation is 1. The molecular formula is C12H13BrIN3. The zero-order valence-corrected chi connectivity index (χ0v) is 13.2. The van der Waals surface area contributed by atoms with Gasteiger partial charge >= 0.3 is 0 Å². The Labute approximate surface area is 123 Å². The van der Waals surface area contributed by atoms with Gasteiger partial charge in [0.1, 0.15) is 0 Å². The molecule has 0 saturated heterocycles. The van der Waals surface area contributed by atoms with Crippen LogP contribution in [-0.2, 0) is 13.1 Å². The Morgan fingerprint density at radius 1 is 1.47 bits per heavy atom. The summed E-state index contributed by atoms with van der Waals surface area (Å²) in [5.41, 5.74) is 2.30. The fourth-order valence-corrected chi connectivity index (χ4v) is 2.48. The molecule has 0 atom stereocenters. The van der Waals surface area contributed by atoms with Gasteiger partial charge in [-0.3, -0.25) is 0 Å². The van der Waals surface area contributed by atoms with Crippen molar-refractivity contribution in [2.24, 2.45) is 0 Å². The van der Waals surface area contributed by atoms with E-state index in [4.69, 9.17) is 0 Å². The molecule has 17 heavy (non-hydrogen) atoms. The van der Waals surface area contributed by atoms with E-state index in [1.54, 1.807) is 0 Å². The normalized spacial score (nSPS) is 10.5. The van der Waals surface area contributed by atoms with Crippen molar-refractivity contribution in [3.63, 3.8) is 0 Å². The van der Waals surface area contributed by atoms with Crippen molar-refractivity contribution in [3.05, 3.63) is 44.5 Å². The zero-order valence-electron chi connectivity index (χ0n) is 9.45. The van der Waals surface area contributed by atoms with E-state index in [9.17, 15) is 0 Å². The standard InChI is InChI=1S/C12H13BrIN3/c1-2-17-8-15-6-10(17)7-16-12-5-9(14)3-4-11(12)13/h3-6,8,16H,2,7H2,1H3. The van der Waals surface area contributed by atoms with Gasteiger partial charge in [0.15, 0.2) is 0 Å². The van der Waals surface area contributed by atoms with E-state index in [1.165, 1.54) is 9.26 Å². The van der Waals surface area contributed by atoms with Gasteiger partial charge in [-0.15, -0.1) is 0 Å². The van der Waals surface area contributed by atoms with E-state index in [2.05, 4.69) is 78.5 Å². The Bertz CT molecular complexity index is 510. The summed E-state index contributed by atoms with van der Waals surface area (Å²) >= 11 is 5.85. The molecule has 0 saturated carbocycles.